The first-order chi connectivity index (χ1) is 13.2. The van der Waals surface area contributed by atoms with Crippen molar-refractivity contribution in [3.05, 3.63) is 70.6 Å². The molecule has 0 saturated heterocycles. The first-order valence-corrected chi connectivity index (χ1v) is 9.73. The Bertz CT molecular complexity index is 904. The van der Waals surface area contributed by atoms with Gasteiger partial charge in [-0.25, -0.2) is 4.39 Å². The highest BCUT2D eigenvalue weighted by atomic mass is 35.5. The van der Waals surface area contributed by atoms with Crippen LogP contribution in [-0.2, 0) is 13.1 Å². The largest absolute Gasteiger partial charge is 0.308 e. The second-order valence-electron chi connectivity index (χ2n) is 6.99. The Balaban J connectivity index is 1.60. The number of hydrogen-bond acceptors (Lipinski definition) is 3. The summed E-state index contributed by atoms with van der Waals surface area (Å²) in [7, 11) is 0. The van der Waals surface area contributed by atoms with E-state index >= 15 is 0 Å². The highest BCUT2D eigenvalue weighted by Gasteiger charge is 2.18. The van der Waals surface area contributed by atoms with Crippen LogP contribution in [0, 0.1) is 5.82 Å². The SMILES string of the molecule is Fc1ccc(Cn2nc(CNC3CCCC3)c(-c3ccccc3)n2)c(Cl)c1. The minimum atomic E-state index is -0.344. The molecule has 1 heterocycles. The third kappa shape index (κ3) is 4.37. The van der Waals surface area contributed by atoms with E-state index in [-0.39, 0.29) is 5.82 Å². The van der Waals surface area contributed by atoms with E-state index in [1.165, 1.54) is 37.8 Å². The molecule has 140 valence electrons. The predicted octanol–water partition coefficient (Wildman–Crippen LogP) is 4.82. The molecule has 1 aliphatic carbocycles. The number of nitrogens with one attached hydrogen (secondary N) is 1. The van der Waals surface area contributed by atoms with E-state index in [2.05, 4.69) is 5.32 Å². The van der Waals surface area contributed by atoms with E-state index in [1.807, 2.05) is 30.3 Å². The van der Waals surface area contributed by atoms with Crippen LogP contribution in [0.25, 0.3) is 11.3 Å². The summed E-state index contributed by atoms with van der Waals surface area (Å²) in [6, 6.07) is 15.0. The zero-order valence-corrected chi connectivity index (χ0v) is 15.8. The lowest BCUT2D eigenvalue weighted by atomic mass is 10.1. The van der Waals surface area contributed by atoms with Crippen molar-refractivity contribution in [2.45, 2.75) is 44.8 Å². The monoisotopic (exact) mass is 384 g/mol. The summed E-state index contributed by atoms with van der Waals surface area (Å²) in [5.74, 6) is -0.344. The molecule has 1 N–H and O–H groups in total. The fraction of sp³-hybridized carbons (Fsp3) is 0.333. The van der Waals surface area contributed by atoms with Crippen LogP contribution in [0.15, 0.2) is 48.5 Å². The molecule has 0 atom stereocenters. The van der Waals surface area contributed by atoms with Crippen LogP contribution in [0.3, 0.4) is 0 Å². The highest BCUT2D eigenvalue weighted by Crippen LogP contribution is 2.23. The van der Waals surface area contributed by atoms with Gasteiger partial charge in [-0.15, -0.1) is 0 Å². The molecule has 4 nitrogen and oxygen atoms in total. The third-order valence-corrected chi connectivity index (χ3v) is 5.36. The van der Waals surface area contributed by atoms with Crippen LogP contribution in [0.5, 0.6) is 0 Å². The zero-order chi connectivity index (χ0) is 18.6. The molecule has 0 amide bonds. The molecular formula is C21H22ClFN4. The molecule has 2 aromatic carbocycles. The minimum absolute atomic E-state index is 0.344. The van der Waals surface area contributed by atoms with Gasteiger partial charge in [0, 0.05) is 23.2 Å². The first kappa shape index (κ1) is 18.1. The molecule has 6 heteroatoms. The first-order valence-electron chi connectivity index (χ1n) is 9.36. The van der Waals surface area contributed by atoms with Gasteiger partial charge in [0.1, 0.15) is 17.2 Å². The van der Waals surface area contributed by atoms with Crippen molar-refractivity contribution in [1.29, 1.82) is 0 Å². The molecular weight excluding hydrogens is 363 g/mol. The van der Waals surface area contributed by atoms with Crippen LogP contribution in [0.4, 0.5) is 4.39 Å². The molecule has 3 aromatic rings. The Labute approximate surface area is 163 Å². The van der Waals surface area contributed by atoms with Crippen molar-refractivity contribution in [2.24, 2.45) is 0 Å². The summed E-state index contributed by atoms with van der Waals surface area (Å²) >= 11 is 6.17. The maximum Gasteiger partial charge on any atom is 0.124 e. The highest BCUT2D eigenvalue weighted by molar-refractivity contribution is 6.31. The average molecular weight is 385 g/mol. The van der Waals surface area contributed by atoms with Crippen molar-refractivity contribution >= 4 is 11.6 Å². The molecule has 0 aliphatic heterocycles. The van der Waals surface area contributed by atoms with Gasteiger partial charge in [-0.05, 0) is 30.5 Å². The average Bonchev–Trinajstić information content (AvgIpc) is 3.33. The summed E-state index contributed by atoms with van der Waals surface area (Å²) in [4.78, 5) is 1.65. The number of nitrogens with zero attached hydrogens (tertiary/aromatic N) is 3. The zero-order valence-electron chi connectivity index (χ0n) is 15.0. The Kier molecular flexibility index (Phi) is 5.50. The lowest BCUT2D eigenvalue weighted by molar-refractivity contribution is 0.511. The van der Waals surface area contributed by atoms with Gasteiger partial charge in [-0.3, -0.25) is 0 Å². The summed E-state index contributed by atoms with van der Waals surface area (Å²) in [6.45, 7) is 1.09. The molecule has 4 rings (SSSR count). The molecule has 0 unspecified atom stereocenters. The maximum absolute atomic E-state index is 13.3. The number of halogens is 2. The summed E-state index contributed by atoms with van der Waals surface area (Å²) in [6.07, 6.45) is 5.03. The quantitative estimate of drug-likeness (QED) is 0.662. The van der Waals surface area contributed by atoms with E-state index in [0.29, 0.717) is 24.2 Å². The summed E-state index contributed by atoms with van der Waals surface area (Å²) in [5.41, 5.74) is 3.63. The molecule has 0 bridgehead atoms. The van der Waals surface area contributed by atoms with Gasteiger partial charge in [0.25, 0.3) is 0 Å². The van der Waals surface area contributed by atoms with E-state index in [9.17, 15) is 4.39 Å². The molecule has 0 spiro atoms. The Hall–Kier alpha value is -2.24. The Morgan fingerprint density at radius 3 is 2.59 bits per heavy atom. The van der Waals surface area contributed by atoms with Crippen molar-refractivity contribution < 1.29 is 4.39 Å². The second kappa shape index (κ2) is 8.19. The van der Waals surface area contributed by atoms with Gasteiger partial charge in [-0.1, -0.05) is 60.8 Å². The summed E-state index contributed by atoms with van der Waals surface area (Å²) < 4.78 is 13.3. The van der Waals surface area contributed by atoms with Gasteiger partial charge >= 0.3 is 0 Å². The lowest BCUT2D eigenvalue weighted by Gasteiger charge is -2.10. The molecule has 27 heavy (non-hydrogen) atoms. The smallest absolute Gasteiger partial charge is 0.124 e. The molecule has 0 radical (unpaired) electrons. The van der Waals surface area contributed by atoms with E-state index in [1.54, 1.807) is 10.9 Å². The van der Waals surface area contributed by atoms with Crippen LogP contribution < -0.4 is 5.32 Å². The van der Waals surface area contributed by atoms with E-state index in [4.69, 9.17) is 21.8 Å². The van der Waals surface area contributed by atoms with E-state index < -0.39 is 0 Å². The van der Waals surface area contributed by atoms with Crippen LogP contribution in [0.2, 0.25) is 5.02 Å². The number of aromatic nitrogens is 3. The second-order valence-corrected chi connectivity index (χ2v) is 7.40. The van der Waals surface area contributed by atoms with Crippen LogP contribution in [-0.4, -0.2) is 21.0 Å². The van der Waals surface area contributed by atoms with Gasteiger partial charge in [0.15, 0.2) is 0 Å². The Morgan fingerprint density at radius 1 is 1.07 bits per heavy atom. The molecule has 1 aromatic heterocycles. The minimum Gasteiger partial charge on any atom is -0.308 e. The topological polar surface area (TPSA) is 42.7 Å². The summed E-state index contributed by atoms with van der Waals surface area (Å²) in [5, 5.41) is 13.4. The number of benzene rings is 2. The maximum atomic E-state index is 13.3. The lowest BCUT2D eigenvalue weighted by Crippen LogP contribution is -2.25. The third-order valence-electron chi connectivity index (χ3n) is 5.01. The van der Waals surface area contributed by atoms with Crippen LogP contribution >= 0.6 is 11.6 Å². The van der Waals surface area contributed by atoms with Crippen molar-refractivity contribution in [3.63, 3.8) is 0 Å². The van der Waals surface area contributed by atoms with Crippen molar-refractivity contribution in [2.75, 3.05) is 0 Å². The van der Waals surface area contributed by atoms with Gasteiger partial charge in [-0.2, -0.15) is 15.0 Å². The fourth-order valence-corrected chi connectivity index (χ4v) is 3.79. The molecule has 1 aliphatic rings. The predicted molar refractivity (Wildman–Crippen MR) is 105 cm³/mol. The molecule has 1 fully saturated rings. The Morgan fingerprint density at radius 2 is 1.85 bits per heavy atom. The standard InChI is InChI=1S/C21H22ClFN4/c22-19-12-17(23)11-10-16(19)14-27-25-20(13-24-18-8-4-5-9-18)21(26-27)15-6-2-1-3-7-15/h1-3,6-7,10-12,18,24H,4-5,8-9,13-14H2. The fourth-order valence-electron chi connectivity index (χ4n) is 3.57. The number of rotatable bonds is 6. The number of hydrogen-bond donors (Lipinski definition) is 1. The normalized spacial score (nSPS) is 14.7. The van der Waals surface area contributed by atoms with Crippen molar-refractivity contribution in [1.82, 2.24) is 20.3 Å². The van der Waals surface area contributed by atoms with Gasteiger partial charge in [0.2, 0.25) is 0 Å². The van der Waals surface area contributed by atoms with E-state index in [0.717, 1.165) is 22.5 Å². The van der Waals surface area contributed by atoms with Gasteiger partial charge in [0.05, 0.1) is 6.54 Å². The molecule has 1 saturated carbocycles. The van der Waals surface area contributed by atoms with Crippen molar-refractivity contribution in [3.8, 4) is 11.3 Å². The van der Waals surface area contributed by atoms with Gasteiger partial charge < -0.3 is 5.32 Å². The van der Waals surface area contributed by atoms with Crippen LogP contribution in [0.1, 0.15) is 36.9 Å².